The van der Waals surface area contributed by atoms with Crippen molar-refractivity contribution in [3.63, 3.8) is 0 Å². The second-order valence-electron chi connectivity index (χ2n) is 6.37. The zero-order valence-corrected chi connectivity index (χ0v) is 15.0. The summed E-state index contributed by atoms with van der Waals surface area (Å²) in [6.07, 6.45) is 5.15. The maximum atomic E-state index is 12.9. The molecular weight excluding hydrogens is 336 g/mol. The Morgan fingerprint density at radius 2 is 2.12 bits per heavy atom. The zero-order valence-electron chi connectivity index (χ0n) is 14.1. The Balaban J connectivity index is 1.72. The molecule has 3 rings (SSSR count). The van der Waals surface area contributed by atoms with Gasteiger partial charge in [-0.2, -0.15) is 0 Å². The van der Waals surface area contributed by atoms with Crippen LogP contribution in [0.4, 0.5) is 5.69 Å². The van der Waals surface area contributed by atoms with E-state index < -0.39 is 0 Å². The molecule has 2 aromatic heterocycles. The minimum atomic E-state index is -0.248. The molecule has 0 saturated carbocycles. The van der Waals surface area contributed by atoms with Crippen LogP contribution < -0.4 is 11.1 Å². The molecule has 7 heteroatoms. The fourth-order valence-electron chi connectivity index (χ4n) is 3.04. The van der Waals surface area contributed by atoms with E-state index in [0.29, 0.717) is 28.6 Å². The van der Waals surface area contributed by atoms with Crippen LogP contribution in [0.25, 0.3) is 0 Å². The SMILES string of the molecule is CC(N)C1CCCN(C(=O)c2sccc2NC(=O)c2ccncc2)C1. The minimum absolute atomic E-state index is 0.0367. The van der Waals surface area contributed by atoms with Crippen LogP contribution in [0.2, 0.25) is 0 Å². The van der Waals surface area contributed by atoms with Crippen LogP contribution in [0.5, 0.6) is 0 Å². The molecule has 1 fully saturated rings. The van der Waals surface area contributed by atoms with Gasteiger partial charge in [0.25, 0.3) is 11.8 Å². The van der Waals surface area contributed by atoms with Crippen LogP contribution in [0.15, 0.2) is 36.0 Å². The van der Waals surface area contributed by atoms with Gasteiger partial charge in [-0.15, -0.1) is 11.3 Å². The monoisotopic (exact) mass is 358 g/mol. The number of nitrogens with zero attached hydrogens (tertiary/aromatic N) is 2. The number of nitrogens with one attached hydrogen (secondary N) is 1. The van der Waals surface area contributed by atoms with E-state index in [1.807, 2.05) is 17.2 Å². The van der Waals surface area contributed by atoms with Crippen molar-refractivity contribution in [3.8, 4) is 0 Å². The van der Waals surface area contributed by atoms with E-state index in [4.69, 9.17) is 5.73 Å². The molecule has 6 nitrogen and oxygen atoms in total. The maximum Gasteiger partial charge on any atom is 0.266 e. The van der Waals surface area contributed by atoms with E-state index in [1.165, 1.54) is 11.3 Å². The van der Waals surface area contributed by atoms with Crippen molar-refractivity contribution in [2.24, 2.45) is 11.7 Å². The largest absolute Gasteiger partial charge is 0.338 e. The van der Waals surface area contributed by atoms with Gasteiger partial charge in [0, 0.05) is 37.1 Å². The smallest absolute Gasteiger partial charge is 0.266 e. The molecule has 25 heavy (non-hydrogen) atoms. The number of hydrogen-bond donors (Lipinski definition) is 2. The van der Waals surface area contributed by atoms with Gasteiger partial charge in [0.15, 0.2) is 0 Å². The van der Waals surface area contributed by atoms with Crippen molar-refractivity contribution < 1.29 is 9.59 Å². The quantitative estimate of drug-likeness (QED) is 0.879. The molecule has 2 amide bonds. The van der Waals surface area contributed by atoms with Gasteiger partial charge < -0.3 is 16.0 Å². The lowest BCUT2D eigenvalue weighted by Gasteiger charge is -2.34. The highest BCUT2D eigenvalue weighted by Gasteiger charge is 2.28. The van der Waals surface area contributed by atoms with E-state index in [-0.39, 0.29) is 17.9 Å². The van der Waals surface area contributed by atoms with Gasteiger partial charge in [-0.25, -0.2) is 0 Å². The van der Waals surface area contributed by atoms with E-state index in [9.17, 15) is 9.59 Å². The van der Waals surface area contributed by atoms with Gasteiger partial charge in [0.05, 0.1) is 5.69 Å². The number of anilines is 1. The van der Waals surface area contributed by atoms with E-state index in [0.717, 1.165) is 19.4 Å². The molecule has 2 unspecified atom stereocenters. The molecule has 0 bridgehead atoms. The minimum Gasteiger partial charge on any atom is -0.338 e. The molecule has 0 spiro atoms. The number of carbonyl (C=O) groups is 2. The molecule has 1 aliphatic rings. The number of likely N-dealkylation sites (tertiary alicyclic amines) is 1. The Hall–Kier alpha value is -2.25. The van der Waals surface area contributed by atoms with Crippen LogP contribution in [0, 0.1) is 5.92 Å². The van der Waals surface area contributed by atoms with Crippen molar-refractivity contribution in [1.29, 1.82) is 0 Å². The first-order valence-electron chi connectivity index (χ1n) is 8.40. The Bertz CT molecular complexity index is 745. The number of amides is 2. The maximum absolute atomic E-state index is 12.9. The van der Waals surface area contributed by atoms with E-state index in [2.05, 4.69) is 10.3 Å². The van der Waals surface area contributed by atoms with E-state index in [1.54, 1.807) is 30.6 Å². The number of pyridine rings is 1. The molecular formula is C18H22N4O2S. The molecule has 0 aliphatic carbocycles. The van der Waals surface area contributed by atoms with Crippen LogP contribution in [0.3, 0.4) is 0 Å². The van der Waals surface area contributed by atoms with E-state index >= 15 is 0 Å². The summed E-state index contributed by atoms with van der Waals surface area (Å²) >= 11 is 1.35. The second-order valence-corrected chi connectivity index (χ2v) is 7.28. The van der Waals surface area contributed by atoms with Crippen LogP contribution in [-0.4, -0.2) is 40.8 Å². The summed E-state index contributed by atoms with van der Waals surface area (Å²) in [5.74, 6) is 0.0415. The number of carbonyl (C=O) groups excluding carboxylic acids is 2. The predicted octanol–water partition coefficient (Wildman–Crippen LogP) is 2.59. The van der Waals surface area contributed by atoms with Gasteiger partial charge in [0.1, 0.15) is 4.88 Å². The first kappa shape index (κ1) is 17.6. The van der Waals surface area contributed by atoms with Crippen molar-refractivity contribution in [3.05, 3.63) is 46.4 Å². The summed E-state index contributed by atoms with van der Waals surface area (Å²) < 4.78 is 0. The molecule has 3 heterocycles. The number of thiophene rings is 1. The number of aromatic nitrogens is 1. The Labute approximate surface area is 151 Å². The molecule has 132 valence electrons. The standard InChI is InChI=1S/C18H22N4O2S/c1-12(19)14-3-2-9-22(11-14)18(24)16-15(6-10-25-16)21-17(23)13-4-7-20-8-5-13/h4-8,10,12,14H,2-3,9,11,19H2,1H3,(H,21,23). The molecule has 3 N–H and O–H groups in total. The van der Waals surface area contributed by atoms with Gasteiger partial charge in [0.2, 0.25) is 0 Å². The average Bonchev–Trinajstić information content (AvgIpc) is 3.10. The van der Waals surface area contributed by atoms with Gasteiger partial charge in [-0.1, -0.05) is 0 Å². The summed E-state index contributed by atoms with van der Waals surface area (Å²) in [5, 5.41) is 4.65. The normalized spacial score (nSPS) is 18.6. The fraction of sp³-hybridized carbons (Fsp3) is 0.389. The van der Waals surface area contributed by atoms with Crippen molar-refractivity contribution in [2.75, 3.05) is 18.4 Å². The molecule has 1 aliphatic heterocycles. The van der Waals surface area contributed by atoms with Crippen molar-refractivity contribution >= 4 is 28.8 Å². The summed E-state index contributed by atoms with van der Waals surface area (Å²) in [6.45, 7) is 3.40. The Kier molecular flexibility index (Phi) is 5.45. The predicted molar refractivity (Wildman–Crippen MR) is 98.8 cm³/mol. The zero-order chi connectivity index (χ0) is 17.8. The lowest BCUT2D eigenvalue weighted by Crippen LogP contribution is -2.45. The highest BCUT2D eigenvalue weighted by Crippen LogP contribution is 2.27. The van der Waals surface area contributed by atoms with Crippen molar-refractivity contribution in [2.45, 2.75) is 25.8 Å². The fourth-order valence-corrected chi connectivity index (χ4v) is 3.85. The average molecular weight is 358 g/mol. The first-order valence-corrected chi connectivity index (χ1v) is 9.28. The summed E-state index contributed by atoms with van der Waals surface area (Å²) in [4.78, 5) is 31.6. The molecule has 0 radical (unpaired) electrons. The highest BCUT2D eigenvalue weighted by molar-refractivity contribution is 7.12. The third kappa shape index (κ3) is 4.05. The molecule has 1 saturated heterocycles. The third-order valence-corrected chi connectivity index (χ3v) is 5.44. The number of hydrogen-bond acceptors (Lipinski definition) is 5. The van der Waals surface area contributed by atoms with Crippen molar-refractivity contribution in [1.82, 2.24) is 9.88 Å². The summed E-state index contributed by atoms with van der Waals surface area (Å²) in [6, 6.07) is 5.12. The Morgan fingerprint density at radius 3 is 2.84 bits per heavy atom. The number of piperidine rings is 1. The van der Waals surface area contributed by atoms with Gasteiger partial charge in [-0.05, 0) is 49.3 Å². The summed E-state index contributed by atoms with van der Waals surface area (Å²) in [7, 11) is 0. The Morgan fingerprint density at radius 1 is 1.36 bits per heavy atom. The molecule has 2 aromatic rings. The van der Waals surface area contributed by atoms with Crippen LogP contribution in [-0.2, 0) is 0 Å². The van der Waals surface area contributed by atoms with Crippen LogP contribution >= 0.6 is 11.3 Å². The highest BCUT2D eigenvalue weighted by atomic mass is 32.1. The topological polar surface area (TPSA) is 88.3 Å². The lowest BCUT2D eigenvalue weighted by molar-refractivity contribution is 0.0667. The third-order valence-electron chi connectivity index (χ3n) is 4.54. The van der Waals surface area contributed by atoms with Crippen LogP contribution in [0.1, 0.15) is 39.8 Å². The lowest BCUT2D eigenvalue weighted by atomic mass is 9.92. The first-order chi connectivity index (χ1) is 12.1. The van der Waals surface area contributed by atoms with Gasteiger partial charge in [-0.3, -0.25) is 14.6 Å². The second kappa shape index (κ2) is 7.76. The number of rotatable bonds is 4. The summed E-state index contributed by atoms with van der Waals surface area (Å²) in [5.41, 5.74) is 7.08. The van der Waals surface area contributed by atoms with Gasteiger partial charge >= 0.3 is 0 Å². The number of nitrogens with two attached hydrogens (primary N) is 1. The molecule has 0 aromatic carbocycles. The molecule has 2 atom stereocenters.